The Morgan fingerprint density at radius 1 is 1.05 bits per heavy atom. The summed E-state index contributed by atoms with van der Waals surface area (Å²) in [5, 5.41) is 10.9. The molecule has 1 N–H and O–H groups in total. The topological polar surface area (TPSA) is 57.6 Å². The van der Waals surface area contributed by atoms with Gasteiger partial charge in [0.25, 0.3) is 5.91 Å². The van der Waals surface area contributed by atoms with Gasteiger partial charge in [-0.2, -0.15) is 0 Å². The van der Waals surface area contributed by atoms with Crippen molar-refractivity contribution in [1.82, 2.24) is 4.90 Å². The van der Waals surface area contributed by atoms with Crippen LogP contribution in [0.25, 0.3) is 0 Å². The quantitative estimate of drug-likeness (QED) is 0.844. The molecule has 3 rings (SSSR count). The summed E-state index contributed by atoms with van der Waals surface area (Å²) in [6, 6.07) is 15.1. The second kappa shape index (κ2) is 4.28. The Kier molecular flexibility index (Phi) is 2.69. The summed E-state index contributed by atoms with van der Waals surface area (Å²) in [5.41, 5.74) is -0.871. The molecule has 0 bridgehead atoms. The average Bonchev–Trinajstić information content (AvgIpc) is 2.71. The number of carbonyl (C=O) groups is 2. The van der Waals surface area contributed by atoms with Crippen molar-refractivity contribution in [3.05, 3.63) is 71.3 Å². The minimum atomic E-state index is -1.94. The number of benzene rings is 2. The van der Waals surface area contributed by atoms with E-state index in [0.717, 1.165) is 4.90 Å². The highest BCUT2D eigenvalue weighted by Crippen LogP contribution is 2.38. The Morgan fingerprint density at radius 3 is 2.35 bits per heavy atom. The molecule has 1 heterocycles. The van der Waals surface area contributed by atoms with Gasteiger partial charge in [-0.05, 0) is 6.07 Å². The van der Waals surface area contributed by atoms with Gasteiger partial charge in [-0.25, -0.2) is 0 Å². The molecule has 0 saturated heterocycles. The van der Waals surface area contributed by atoms with E-state index < -0.39 is 11.5 Å². The number of likely N-dealkylation sites (N-methyl/N-ethyl adjacent to an activating group) is 1. The van der Waals surface area contributed by atoms with Crippen molar-refractivity contribution in [1.29, 1.82) is 0 Å². The maximum atomic E-state index is 12.6. The summed E-state index contributed by atoms with van der Waals surface area (Å²) in [5.74, 6) is -0.855. The Balaban J connectivity index is 2.17. The van der Waals surface area contributed by atoms with Crippen molar-refractivity contribution >= 4 is 11.7 Å². The summed E-state index contributed by atoms with van der Waals surface area (Å²) < 4.78 is 0. The molecule has 0 aliphatic carbocycles. The summed E-state index contributed by atoms with van der Waals surface area (Å²) in [6.07, 6.45) is 0. The average molecular weight is 267 g/mol. The van der Waals surface area contributed by atoms with Gasteiger partial charge in [0, 0.05) is 23.7 Å². The third kappa shape index (κ3) is 1.52. The summed E-state index contributed by atoms with van der Waals surface area (Å²) in [7, 11) is 1.43. The monoisotopic (exact) mass is 267 g/mol. The number of nitrogens with zero attached hydrogens (tertiary/aromatic N) is 1. The third-order valence-corrected chi connectivity index (χ3v) is 3.68. The highest BCUT2D eigenvalue weighted by molar-refractivity contribution is 6.11. The van der Waals surface area contributed by atoms with Gasteiger partial charge >= 0.3 is 0 Å². The third-order valence-electron chi connectivity index (χ3n) is 3.68. The fraction of sp³-hybridized carbons (Fsp3) is 0.125. The number of hydrogen-bond donors (Lipinski definition) is 1. The van der Waals surface area contributed by atoms with Crippen molar-refractivity contribution in [3.63, 3.8) is 0 Å². The van der Waals surface area contributed by atoms with E-state index in [1.54, 1.807) is 54.6 Å². The number of Topliss-reactive ketones (excluding diaryl/α,β-unsaturated/α-hetero) is 1. The highest BCUT2D eigenvalue weighted by atomic mass is 16.3. The van der Waals surface area contributed by atoms with E-state index >= 15 is 0 Å². The lowest BCUT2D eigenvalue weighted by Crippen LogP contribution is -2.47. The van der Waals surface area contributed by atoms with Crippen LogP contribution in [0.2, 0.25) is 0 Å². The largest absolute Gasteiger partial charge is 0.360 e. The van der Waals surface area contributed by atoms with E-state index in [9.17, 15) is 14.7 Å². The predicted octanol–water partition coefficient (Wildman–Crippen LogP) is 1.80. The maximum Gasteiger partial charge on any atom is 0.256 e. The van der Waals surface area contributed by atoms with E-state index in [4.69, 9.17) is 0 Å². The summed E-state index contributed by atoms with van der Waals surface area (Å²) >= 11 is 0. The molecular weight excluding hydrogens is 254 g/mol. The number of amides is 1. The van der Waals surface area contributed by atoms with Gasteiger partial charge in [0.1, 0.15) is 0 Å². The minimum absolute atomic E-state index is 0.335. The van der Waals surface area contributed by atoms with Gasteiger partial charge in [-0.15, -0.1) is 0 Å². The molecule has 0 spiro atoms. The lowest BCUT2D eigenvalue weighted by atomic mass is 9.93. The Hall–Kier alpha value is -2.46. The Morgan fingerprint density at radius 2 is 1.65 bits per heavy atom. The van der Waals surface area contributed by atoms with Gasteiger partial charge < -0.3 is 10.0 Å². The first kappa shape index (κ1) is 12.6. The molecule has 20 heavy (non-hydrogen) atoms. The Labute approximate surface area is 116 Å². The number of fused-ring (bicyclic) bond motifs is 1. The van der Waals surface area contributed by atoms with Crippen molar-refractivity contribution in [3.8, 4) is 0 Å². The summed E-state index contributed by atoms with van der Waals surface area (Å²) in [6.45, 7) is 0. The van der Waals surface area contributed by atoms with Crippen LogP contribution in [0.5, 0.6) is 0 Å². The molecule has 4 heteroatoms. The zero-order chi connectivity index (χ0) is 14.3. The normalized spacial score (nSPS) is 20.9. The van der Waals surface area contributed by atoms with Crippen LogP contribution >= 0.6 is 0 Å². The molecule has 0 aromatic heterocycles. The molecule has 0 fully saturated rings. The first-order valence-electron chi connectivity index (χ1n) is 6.26. The van der Waals surface area contributed by atoms with Gasteiger partial charge in [0.05, 0.1) is 0 Å². The lowest BCUT2D eigenvalue weighted by Gasteiger charge is -2.29. The van der Waals surface area contributed by atoms with Crippen LogP contribution in [0.1, 0.15) is 26.3 Å². The number of rotatable bonds is 2. The number of aliphatic hydroxyl groups is 1. The lowest BCUT2D eigenvalue weighted by molar-refractivity contribution is -0.0453. The molecule has 1 unspecified atom stereocenters. The molecule has 0 radical (unpaired) electrons. The SMILES string of the molecule is CN1C(=O)c2ccccc2C1(O)C(=O)c1ccccc1. The molecule has 2 aromatic carbocycles. The Bertz CT molecular complexity index is 696. The fourth-order valence-corrected chi connectivity index (χ4v) is 2.55. The molecule has 4 nitrogen and oxygen atoms in total. The van der Waals surface area contributed by atoms with Crippen molar-refractivity contribution in [2.75, 3.05) is 7.05 Å². The smallest absolute Gasteiger partial charge is 0.256 e. The van der Waals surface area contributed by atoms with Crippen LogP contribution < -0.4 is 0 Å². The number of hydrogen-bond acceptors (Lipinski definition) is 3. The van der Waals surface area contributed by atoms with Gasteiger partial charge in [-0.3, -0.25) is 9.59 Å². The second-order valence-corrected chi connectivity index (χ2v) is 4.78. The van der Waals surface area contributed by atoms with Crippen LogP contribution in [-0.4, -0.2) is 28.7 Å². The van der Waals surface area contributed by atoms with E-state index in [1.807, 2.05) is 0 Å². The maximum absolute atomic E-state index is 12.6. The van der Waals surface area contributed by atoms with E-state index in [-0.39, 0.29) is 5.91 Å². The zero-order valence-electron chi connectivity index (χ0n) is 10.9. The standard InChI is InChI=1S/C16H13NO3/c1-17-15(19)12-9-5-6-10-13(12)16(17,20)14(18)11-7-3-2-4-8-11/h2-10,20H,1H3. The van der Waals surface area contributed by atoms with Crippen LogP contribution in [0.4, 0.5) is 0 Å². The number of ketones is 1. The molecule has 1 aliphatic rings. The fourth-order valence-electron chi connectivity index (χ4n) is 2.55. The second-order valence-electron chi connectivity index (χ2n) is 4.78. The van der Waals surface area contributed by atoms with E-state index in [1.165, 1.54) is 7.05 Å². The molecule has 2 aromatic rings. The number of carbonyl (C=O) groups excluding carboxylic acids is 2. The van der Waals surface area contributed by atoms with Gasteiger partial charge in [0.15, 0.2) is 0 Å². The van der Waals surface area contributed by atoms with Crippen LogP contribution in [0.3, 0.4) is 0 Å². The van der Waals surface area contributed by atoms with Crippen LogP contribution in [0.15, 0.2) is 54.6 Å². The van der Waals surface area contributed by atoms with Crippen molar-refractivity contribution in [2.24, 2.45) is 0 Å². The first-order valence-corrected chi connectivity index (χ1v) is 6.26. The highest BCUT2D eigenvalue weighted by Gasteiger charge is 2.52. The molecule has 0 saturated carbocycles. The van der Waals surface area contributed by atoms with Crippen molar-refractivity contribution in [2.45, 2.75) is 5.72 Å². The van der Waals surface area contributed by atoms with E-state index in [2.05, 4.69) is 0 Å². The molecule has 1 atom stereocenters. The van der Waals surface area contributed by atoms with E-state index in [0.29, 0.717) is 16.7 Å². The zero-order valence-corrected chi connectivity index (χ0v) is 10.9. The van der Waals surface area contributed by atoms with Gasteiger partial charge in [-0.1, -0.05) is 48.5 Å². The van der Waals surface area contributed by atoms with Crippen LogP contribution in [0, 0.1) is 0 Å². The first-order chi connectivity index (χ1) is 9.56. The molecule has 1 aliphatic heterocycles. The van der Waals surface area contributed by atoms with Crippen LogP contribution in [-0.2, 0) is 5.72 Å². The molecular formula is C16H13NO3. The molecule has 100 valence electrons. The minimum Gasteiger partial charge on any atom is -0.360 e. The van der Waals surface area contributed by atoms with Gasteiger partial charge in [0.2, 0.25) is 11.5 Å². The summed E-state index contributed by atoms with van der Waals surface area (Å²) in [4.78, 5) is 25.9. The molecule has 1 amide bonds. The predicted molar refractivity (Wildman–Crippen MR) is 73.2 cm³/mol. The van der Waals surface area contributed by atoms with Crippen molar-refractivity contribution < 1.29 is 14.7 Å².